The number of nitrogens with two attached hydrogens (primary N) is 1. The van der Waals surface area contributed by atoms with Crippen molar-refractivity contribution in [3.8, 4) is 0 Å². The number of primary amides is 1. The fourth-order valence-electron chi connectivity index (χ4n) is 2.22. The second-order valence-electron chi connectivity index (χ2n) is 5.60. The number of carbonyl (C=O) groups is 3. The van der Waals surface area contributed by atoms with Crippen molar-refractivity contribution in [2.45, 2.75) is 12.8 Å². The average molecular weight is 376 g/mol. The van der Waals surface area contributed by atoms with Gasteiger partial charge in [0.1, 0.15) is 11.6 Å². The van der Waals surface area contributed by atoms with Crippen LogP contribution >= 0.6 is 0 Å². The molecule has 142 valence electrons. The normalized spacial score (nSPS) is 10.1. The standard InChI is InChI=1S/C18H18F2N4O3/c19-11-3-8-14(15(20)10-11)17(26)22-9-1-2-16(25)23-12-4-6-13(7-5-12)24-18(21)27/h3-8,10H,1-2,9H2,(H,22,26)(H,23,25)(H3,21,24,27). The summed E-state index contributed by atoms with van der Waals surface area (Å²) in [5, 5.41) is 7.53. The van der Waals surface area contributed by atoms with Crippen LogP contribution in [-0.2, 0) is 4.79 Å². The van der Waals surface area contributed by atoms with E-state index in [1.807, 2.05) is 0 Å². The summed E-state index contributed by atoms with van der Waals surface area (Å²) >= 11 is 0. The number of rotatable bonds is 7. The van der Waals surface area contributed by atoms with Crippen molar-refractivity contribution in [3.05, 3.63) is 59.7 Å². The zero-order chi connectivity index (χ0) is 19.8. The largest absolute Gasteiger partial charge is 0.352 e. The maximum Gasteiger partial charge on any atom is 0.316 e. The summed E-state index contributed by atoms with van der Waals surface area (Å²) in [4.78, 5) is 34.4. The molecule has 0 atom stereocenters. The molecule has 0 aliphatic carbocycles. The van der Waals surface area contributed by atoms with Gasteiger partial charge in [-0.1, -0.05) is 0 Å². The van der Waals surface area contributed by atoms with Crippen molar-refractivity contribution in [2.75, 3.05) is 17.2 Å². The molecule has 0 unspecified atom stereocenters. The van der Waals surface area contributed by atoms with Crippen LogP contribution in [0.5, 0.6) is 0 Å². The Morgan fingerprint density at radius 3 is 2.15 bits per heavy atom. The summed E-state index contributed by atoms with van der Waals surface area (Å²) in [6.45, 7) is 0.157. The highest BCUT2D eigenvalue weighted by Gasteiger charge is 2.12. The van der Waals surface area contributed by atoms with E-state index in [-0.39, 0.29) is 24.4 Å². The summed E-state index contributed by atoms with van der Waals surface area (Å²) < 4.78 is 26.3. The Bertz CT molecular complexity index is 841. The van der Waals surface area contributed by atoms with Gasteiger partial charge in [0.15, 0.2) is 0 Å². The molecular weight excluding hydrogens is 358 g/mol. The second kappa shape index (κ2) is 9.27. The molecule has 5 N–H and O–H groups in total. The molecule has 0 heterocycles. The first kappa shape index (κ1) is 19.8. The van der Waals surface area contributed by atoms with Gasteiger partial charge < -0.3 is 21.7 Å². The molecule has 2 aromatic rings. The zero-order valence-corrected chi connectivity index (χ0v) is 14.2. The summed E-state index contributed by atoms with van der Waals surface area (Å²) in [5.74, 6) is -2.66. The quantitative estimate of drug-likeness (QED) is 0.557. The van der Waals surface area contributed by atoms with Gasteiger partial charge in [0.25, 0.3) is 5.91 Å². The molecule has 0 bridgehead atoms. The van der Waals surface area contributed by atoms with Gasteiger partial charge in [-0.15, -0.1) is 0 Å². The number of hydrogen-bond acceptors (Lipinski definition) is 3. The van der Waals surface area contributed by atoms with E-state index in [2.05, 4.69) is 16.0 Å². The van der Waals surface area contributed by atoms with Gasteiger partial charge in [0, 0.05) is 30.4 Å². The van der Waals surface area contributed by atoms with E-state index < -0.39 is 23.6 Å². The minimum absolute atomic E-state index is 0.132. The van der Waals surface area contributed by atoms with Crippen molar-refractivity contribution in [1.29, 1.82) is 0 Å². The molecular formula is C18H18F2N4O3. The van der Waals surface area contributed by atoms with E-state index in [1.165, 1.54) is 0 Å². The molecule has 4 amide bonds. The van der Waals surface area contributed by atoms with Crippen molar-refractivity contribution in [3.63, 3.8) is 0 Å². The minimum Gasteiger partial charge on any atom is -0.352 e. The lowest BCUT2D eigenvalue weighted by atomic mass is 10.2. The van der Waals surface area contributed by atoms with Crippen LogP contribution in [0.15, 0.2) is 42.5 Å². The third-order valence-corrected chi connectivity index (χ3v) is 3.48. The number of urea groups is 1. The summed E-state index contributed by atoms with van der Waals surface area (Å²) in [7, 11) is 0. The molecule has 0 fully saturated rings. The van der Waals surface area contributed by atoms with Crippen LogP contribution < -0.4 is 21.7 Å². The summed E-state index contributed by atoms with van der Waals surface area (Å²) in [6.07, 6.45) is 0.467. The summed E-state index contributed by atoms with van der Waals surface area (Å²) in [5.41, 5.74) is 5.77. The van der Waals surface area contributed by atoms with Gasteiger partial charge in [-0.05, 0) is 42.8 Å². The lowest BCUT2D eigenvalue weighted by Gasteiger charge is -2.08. The van der Waals surface area contributed by atoms with Crippen molar-refractivity contribution < 1.29 is 23.2 Å². The molecule has 0 saturated carbocycles. The molecule has 7 nitrogen and oxygen atoms in total. The highest BCUT2D eigenvalue weighted by molar-refractivity contribution is 5.94. The van der Waals surface area contributed by atoms with Crippen LogP contribution in [0.2, 0.25) is 0 Å². The van der Waals surface area contributed by atoms with E-state index >= 15 is 0 Å². The topological polar surface area (TPSA) is 113 Å². The van der Waals surface area contributed by atoms with E-state index in [0.717, 1.165) is 12.1 Å². The van der Waals surface area contributed by atoms with Crippen molar-refractivity contribution in [2.24, 2.45) is 5.73 Å². The maximum atomic E-state index is 13.5. The molecule has 9 heteroatoms. The fourth-order valence-corrected chi connectivity index (χ4v) is 2.22. The minimum atomic E-state index is -0.945. The van der Waals surface area contributed by atoms with Crippen molar-refractivity contribution >= 4 is 29.2 Å². The predicted octanol–water partition coefficient (Wildman–Crippen LogP) is 2.60. The fraction of sp³-hybridized carbons (Fsp3) is 0.167. The van der Waals surface area contributed by atoms with Crippen LogP contribution in [-0.4, -0.2) is 24.4 Å². The first-order valence-electron chi connectivity index (χ1n) is 8.05. The number of hydrogen-bond donors (Lipinski definition) is 4. The molecule has 0 aliphatic heterocycles. The Balaban J connectivity index is 1.72. The van der Waals surface area contributed by atoms with E-state index in [0.29, 0.717) is 23.9 Å². The van der Waals surface area contributed by atoms with Gasteiger partial charge in [0.2, 0.25) is 5.91 Å². The molecule has 0 saturated heterocycles. The number of benzene rings is 2. The van der Waals surface area contributed by atoms with Crippen LogP contribution in [0.4, 0.5) is 25.0 Å². The highest BCUT2D eigenvalue weighted by Crippen LogP contribution is 2.14. The van der Waals surface area contributed by atoms with Crippen LogP contribution in [0.3, 0.4) is 0 Å². The average Bonchev–Trinajstić information content (AvgIpc) is 2.60. The summed E-state index contributed by atoms with van der Waals surface area (Å²) in [6, 6.07) is 8.36. The Morgan fingerprint density at radius 1 is 0.926 bits per heavy atom. The number of amides is 4. The highest BCUT2D eigenvalue weighted by atomic mass is 19.1. The first-order chi connectivity index (χ1) is 12.8. The smallest absolute Gasteiger partial charge is 0.316 e. The van der Waals surface area contributed by atoms with Crippen LogP contribution in [0.1, 0.15) is 23.2 Å². The Kier molecular flexibility index (Phi) is 6.81. The van der Waals surface area contributed by atoms with E-state index in [1.54, 1.807) is 24.3 Å². The molecule has 0 spiro atoms. The third kappa shape index (κ3) is 6.38. The lowest BCUT2D eigenvalue weighted by molar-refractivity contribution is -0.116. The first-order valence-corrected chi connectivity index (χ1v) is 8.05. The van der Waals surface area contributed by atoms with E-state index in [4.69, 9.17) is 5.73 Å². The molecule has 2 rings (SSSR count). The van der Waals surface area contributed by atoms with Crippen LogP contribution in [0, 0.1) is 11.6 Å². The van der Waals surface area contributed by atoms with Gasteiger partial charge in [0.05, 0.1) is 5.56 Å². The number of halogens is 2. The molecule has 0 aromatic heterocycles. The van der Waals surface area contributed by atoms with Gasteiger partial charge >= 0.3 is 6.03 Å². The Hall–Kier alpha value is -3.49. The van der Waals surface area contributed by atoms with Gasteiger partial charge in [-0.25, -0.2) is 13.6 Å². The Labute approximate surface area is 153 Å². The molecule has 0 aliphatic rings. The second-order valence-corrected chi connectivity index (χ2v) is 5.60. The molecule has 2 aromatic carbocycles. The van der Waals surface area contributed by atoms with Gasteiger partial charge in [-0.2, -0.15) is 0 Å². The number of carbonyl (C=O) groups excluding carboxylic acids is 3. The zero-order valence-electron chi connectivity index (χ0n) is 14.2. The third-order valence-electron chi connectivity index (χ3n) is 3.48. The SMILES string of the molecule is NC(=O)Nc1ccc(NC(=O)CCCNC(=O)c2ccc(F)cc2F)cc1. The maximum absolute atomic E-state index is 13.5. The molecule has 0 radical (unpaired) electrons. The van der Waals surface area contributed by atoms with Crippen LogP contribution in [0.25, 0.3) is 0 Å². The van der Waals surface area contributed by atoms with E-state index in [9.17, 15) is 23.2 Å². The number of nitrogens with one attached hydrogen (secondary N) is 3. The molecule has 27 heavy (non-hydrogen) atoms. The number of anilines is 2. The van der Waals surface area contributed by atoms with Gasteiger partial charge in [-0.3, -0.25) is 9.59 Å². The monoisotopic (exact) mass is 376 g/mol. The Morgan fingerprint density at radius 2 is 1.56 bits per heavy atom. The predicted molar refractivity (Wildman–Crippen MR) is 96.2 cm³/mol. The lowest BCUT2D eigenvalue weighted by Crippen LogP contribution is -2.26. The van der Waals surface area contributed by atoms with Crippen molar-refractivity contribution in [1.82, 2.24) is 5.32 Å².